The normalized spacial score (nSPS) is 17.9. The van der Waals surface area contributed by atoms with Gasteiger partial charge in [0.25, 0.3) is 0 Å². The number of hydrogen-bond acceptors (Lipinski definition) is 3. The summed E-state index contributed by atoms with van der Waals surface area (Å²) in [5.74, 6) is 0.817. The molecule has 0 aromatic heterocycles. The first-order valence-corrected chi connectivity index (χ1v) is 5.75. The molecule has 0 aliphatic heterocycles. The molecular formula is C10H19NO2S. The Morgan fingerprint density at radius 2 is 2.36 bits per heavy atom. The molecule has 0 bridgehead atoms. The Balaban J connectivity index is 1.81. The highest BCUT2D eigenvalue weighted by Gasteiger charge is 2.20. The standard InChI is InChI=1S/C10H19NO2S/c1-8(14)10(12)11-5-2-6-13-7-9-3-4-9/h8-9,14H,2-7H2,1H3,(H,11,12). The molecule has 1 amide bonds. The zero-order valence-electron chi connectivity index (χ0n) is 8.66. The van der Waals surface area contributed by atoms with Crippen molar-refractivity contribution in [2.24, 2.45) is 5.92 Å². The van der Waals surface area contributed by atoms with Gasteiger partial charge in [-0.15, -0.1) is 0 Å². The molecule has 1 saturated carbocycles. The topological polar surface area (TPSA) is 38.3 Å². The third-order valence-corrected chi connectivity index (χ3v) is 2.43. The lowest BCUT2D eigenvalue weighted by atomic mass is 10.4. The number of ether oxygens (including phenoxy) is 1. The van der Waals surface area contributed by atoms with Crippen molar-refractivity contribution >= 4 is 18.5 Å². The molecule has 1 atom stereocenters. The molecule has 1 aliphatic carbocycles. The van der Waals surface area contributed by atoms with Crippen LogP contribution in [-0.2, 0) is 9.53 Å². The lowest BCUT2D eigenvalue weighted by Gasteiger charge is -2.07. The summed E-state index contributed by atoms with van der Waals surface area (Å²) in [7, 11) is 0. The summed E-state index contributed by atoms with van der Waals surface area (Å²) in [6.07, 6.45) is 3.54. The van der Waals surface area contributed by atoms with E-state index in [1.807, 2.05) is 0 Å². The SMILES string of the molecule is CC(S)C(=O)NCCCOCC1CC1. The summed E-state index contributed by atoms with van der Waals surface area (Å²) in [6, 6.07) is 0. The van der Waals surface area contributed by atoms with Gasteiger partial charge in [-0.3, -0.25) is 4.79 Å². The molecule has 4 heteroatoms. The molecule has 82 valence electrons. The van der Waals surface area contributed by atoms with Gasteiger partial charge in [-0.2, -0.15) is 12.6 Å². The second kappa shape index (κ2) is 6.30. The first kappa shape index (κ1) is 11.9. The summed E-state index contributed by atoms with van der Waals surface area (Å²) in [5.41, 5.74) is 0. The molecule has 1 rings (SSSR count). The molecule has 0 aromatic carbocycles. The van der Waals surface area contributed by atoms with Crippen LogP contribution in [0.25, 0.3) is 0 Å². The Bertz CT molecular complexity index is 181. The molecule has 1 N–H and O–H groups in total. The highest BCUT2D eigenvalue weighted by atomic mass is 32.1. The van der Waals surface area contributed by atoms with Crippen molar-refractivity contribution < 1.29 is 9.53 Å². The average Bonchev–Trinajstić information content (AvgIpc) is 2.94. The van der Waals surface area contributed by atoms with Crippen molar-refractivity contribution in [3.8, 4) is 0 Å². The van der Waals surface area contributed by atoms with Crippen molar-refractivity contribution in [2.75, 3.05) is 19.8 Å². The maximum absolute atomic E-state index is 11.1. The van der Waals surface area contributed by atoms with Crippen LogP contribution in [0.4, 0.5) is 0 Å². The molecule has 1 unspecified atom stereocenters. The highest BCUT2D eigenvalue weighted by Crippen LogP contribution is 2.28. The lowest BCUT2D eigenvalue weighted by Crippen LogP contribution is -2.30. The Morgan fingerprint density at radius 1 is 1.64 bits per heavy atom. The number of carbonyl (C=O) groups is 1. The fourth-order valence-corrected chi connectivity index (χ4v) is 1.16. The van der Waals surface area contributed by atoms with E-state index in [0.29, 0.717) is 6.54 Å². The van der Waals surface area contributed by atoms with Crippen molar-refractivity contribution in [3.63, 3.8) is 0 Å². The van der Waals surface area contributed by atoms with E-state index >= 15 is 0 Å². The van der Waals surface area contributed by atoms with Gasteiger partial charge in [0.2, 0.25) is 5.91 Å². The summed E-state index contributed by atoms with van der Waals surface area (Å²) in [6.45, 7) is 4.10. The smallest absolute Gasteiger partial charge is 0.232 e. The first-order chi connectivity index (χ1) is 6.70. The Labute approximate surface area is 91.0 Å². The Morgan fingerprint density at radius 3 is 2.93 bits per heavy atom. The van der Waals surface area contributed by atoms with E-state index in [2.05, 4.69) is 17.9 Å². The molecule has 0 aromatic rings. The number of hydrogen-bond donors (Lipinski definition) is 2. The van der Waals surface area contributed by atoms with Crippen LogP contribution in [0.15, 0.2) is 0 Å². The number of amides is 1. The lowest BCUT2D eigenvalue weighted by molar-refractivity contribution is -0.120. The van der Waals surface area contributed by atoms with Gasteiger partial charge < -0.3 is 10.1 Å². The van der Waals surface area contributed by atoms with Crippen LogP contribution in [0.3, 0.4) is 0 Å². The maximum Gasteiger partial charge on any atom is 0.232 e. The fraction of sp³-hybridized carbons (Fsp3) is 0.900. The van der Waals surface area contributed by atoms with Crippen molar-refractivity contribution in [3.05, 3.63) is 0 Å². The van der Waals surface area contributed by atoms with Crippen LogP contribution >= 0.6 is 12.6 Å². The van der Waals surface area contributed by atoms with Crippen molar-refractivity contribution in [1.29, 1.82) is 0 Å². The van der Waals surface area contributed by atoms with Gasteiger partial charge >= 0.3 is 0 Å². The number of rotatable bonds is 7. The maximum atomic E-state index is 11.1. The predicted octanol–water partition coefficient (Wildman–Crippen LogP) is 1.24. The van der Waals surface area contributed by atoms with Gasteiger partial charge in [-0.05, 0) is 32.1 Å². The quantitative estimate of drug-likeness (QED) is 0.497. The van der Waals surface area contributed by atoms with Crippen LogP contribution in [0.2, 0.25) is 0 Å². The zero-order valence-corrected chi connectivity index (χ0v) is 9.56. The third-order valence-electron chi connectivity index (χ3n) is 2.19. The number of thiol groups is 1. The van der Waals surface area contributed by atoms with Crippen LogP contribution < -0.4 is 5.32 Å². The summed E-state index contributed by atoms with van der Waals surface area (Å²) >= 11 is 4.03. The van der Waals surface area contributed by atoms with Crippen LogP contribution in [0.5, 0.6) is 0 Å². The predicted molar refractivity (Wildman–Crippen MR) is 59.6 cm³/mol. The Kier molecular flexibility index (Phi) is 5.33. The molecule has 1 fully saturated rings. The summed E-state index contributed by atoms with van der Waals surface area (Å²) < 4.78 is 5.43. The van der Waals surface area contributed by atoms with E-state index in [1.54, 1.807) is 6.92 Å². The van der Waals surface area contributed by atoms with E-state index in [4.69, 9.17) is 4.74 Å². The third kappa shape index (κ3) is 5.50. The van der Waals surface area contributed by atoms with Crippen molar-refractivity contribution in [2.45, 2.75) is 31.4 Å². The van der Waals surface area contributed by atoms with E-state index in [-0.39, 0.29) is 11.2 Å². The second-order valence-electron chi connectivity index (χ2n) is 3.84. The Hall–Kier alpha value is -0.220. The highest BCUT2D eigenvalue weighted by molar-refractivity contribution is 7.81. The van der Waals surface area contributed by atoms with Crippen LogP contribution in [0.1, 0.15) is 26.2 Å². The zero-order chi connectivity index (χ0) is 10.4. The van der Waals surface area contributed by atoms with E-state index in [9.17, 15) is 4.79 Å². The van der Waals surface area contributed by atoms with Gasteiger partial charge in [-0.25, -0.2) is 0 Å². The first-order valence-electron chi connectivity index (χ1n) is 5.23. The summed E-state index contributed by atoms with van der Waals surface area (Å²) in [5, 5.41) is 2.57. The molecule has 0 saturated heterocycles. The molecule has 1 aliphatic rings. The monoisotopic (exact) mass is 217 g/mol. The molecule has 0 heterocycles. The summed E-state index contributed by atoms with van der Waals surface area (Å²) in [4.78, 5) is 11.1. The van der Waals surface area contributed by atoms with Gasteiger partial charge in [0.15, 0.2) is 0 Å². The van der Waals surface area contributed by atoms with Gasteiger partial charge in [0, 0.05) is 19.8 Å². The largest absolute Gasteiger partial charge is 0.381 e. The van der Waals surface area contributed by atoms with Gasteiger partial charge in [0.05, 0.1) is 5.25 Å². The fourth-order valence-electron chi connectivity index (χ4n) is 1.07. The number of nitrogens with one attached hydrogen (secondary N) is 1. The van der Waals surface area contributed by atoms with Crippen LogP contribution in [-0.4, -0.2) is 30.9 Å². The minimum absolute atomic E-state index is 0.00414. The van der Waals surface area contributed by atoms with Gasteiger partial charge in [0.1, 0.15) is 0 Å². The van der Waals surface area contributed by atoms with E-state index in [0.717, 1.165) is 25.6 Å². The molecule has 14 heavy (non-hydrogen) atoms. The number of carbonyl (C=O) groups excluding carboxylic acids is 1. The minimum Gasteiger partial charge on any atom is -0.381 e. The second-order valence-corrected chi connectivity index (χ2v) is 4.61. The van der Waals surface area contributed by atoms with Crippen LogP contribution in [0, 0.1) is 5.92 Å². The average molecular weight is 217 g/mol. The van der Waals surface area contributed by atoms with E-state index < -0.39 is 0 Å². The van der Waals surface area contributed by atoms with Gasteiger partial charge in [-0.1, -0.05) is 0 Å². The molecule has 3 nitrogen and oxygen atoms in total. The van der Waals surface area contributed by atoms with E-state index in [1.165, 1.54) is 12.8 Å². The molecule has 0 radical (unpaired) electrons. The minimum atomic E-state index is -0.220. The molecular weight excluding hydrogens is 198 g/mol. The molecule has 0 spiro atoms. The van der Waals surface area contributed by atoms with Crippen molar-refractivity contribution in [1.82, 2.24) is 5.32 Å².